The highest BCUT2D eigenvalue weighted by Gasteiger charge is 2.42. The SMILES string of the molecule is C.C.CCOC(=O)c1cn([C@@H]2C[C@@H]2F)c2c(OC)c(F)c(F)cc2c1=O.COc1c(F)c(F)cc2c(=O)c(C(=O)OB(F)F)cn([C@@H]3C[C@@H]3F)c12. The lowest BCUT2D eigenvalue weighted by Gasteiger charge is -2.16. The highest BCUT2D eigenvalue weighted by atomic mass is 19.2. The number of halogens is 8. The van der Waals surface area contributed by atoms with Crippen LogP contribution in [0, 0.1) is 23.3 Å². The van der Waals surface area contributed by atoms with Crippen LogP contribution in [0.4, 0.5) is 35.0 Å². The summed E-state index contributed by atoms with van der Waals surface area (Å²) in [6, 6.07) is -0.370. The first-order valence-corrected chi connectivity index (χ1v) is 14.3. The highest BCUT2D eigenvalue weighted by Crippen LogP contribution is 2.44. The number of carbonyl (C=O) groups excluding carboxylic acids is 2. The standard InChI is InChI=1S/C16H14F3NO4.C14H9BF5NO4.2CH4/c1-3-24-16(22)8-6-20(11-5-9(11)17)13-7(14(8)21)4-10(18)12(19)15(13)23-2;1-24-13-10(18)8(17)2-5-11(13)21(9-3-7(9)16)4-6(12(5)22)14(23)25-15(19)20;;/h4,6,9,11H,3,5H2,1-2H3;2,4,7,9H,3H2,1H3;2*1H4/t9-,11+;7-,9+;;/m00../s1. The maximum absolute atomic E-state index is 14.0. The second-order valence-corrected chi connectivity index (χ2v) is 10.8. The quantitative estimate of drug-likeness (QED) is 0.112. The van der Waals surface area contributed by atoms with Gasteiger partial charge in [0.1, 0.15) is 23.5 Å². The number of nitrogens with zero attached hydrogens (tertiary/aromatic N) is 2. The summed E-state index contributed by atoms with van der Waals surface area (Å²) in [5, 5.41) is -0.783. The van der Waals surface area contributed by atoms with Crippen LogP contribution in [0.2, 0.25) is 0 Å². The zero-order chi connectivity index (χ0) is 36.1. The Bertz CT molecular complexity index is 2130. The van der Waals surface area contributed by atoms with Crippen LogP contribution in [-0.2, 0) is 9.39 Å². The minimum absolute atomic E-state index is 0. The number of hydrogen-bond acceptors (Lipinski definition) is 8. The van der Waals surface area contributed by atoms with Gasteiger partial charge in [-0.2, -0.15) is 8.78 Å². The molecule has 2 fully saturated rings. The van der Waals surface area contributed by atoms with Gasteiger partial charge in [-0.3, -0.25) is 9.59 Å². The van der Waals surface area contributed by atoms with Crippen LogP contribution in [0.15, 0.2) is 34.1 Å². The van der Waals surface area contributed by atoms with Crippen LogP contribution in [0.25, 0.3) is 21.8 Å². The molecule has 0 spiro atoms. The predicted octanol–water partition coefficient (Wildman–Crippen LogP) is 6.67. The number of rotatable bonds is 8. The molecule has 51 heavy (non-hydrogen) atoms. The van der Waals surface area contributed by atoms with Crippen molar-refractivity contribution in [3.63, 3.8) is 0 Å². The van der Waals surface area contributed by atoms with Gasteiger partial charge in [-0.25, -0.2) is 35.8 Å². The van der Waals surface area contributed by atoms with Crippen molar-refractivity contribution in [2.45, 2.75) is 59.0 Å². The lowest BCUT2D eigenvalue weighted by Crippen LogP contribution is -2.24. The highest BCUT2D eigenvalue weighted by molar-refractivity contribution is 6.38. The fourth-order valence-corrected chi connectivity index (χ4v) is 5.28. The summed E-state index contributed by atoms with van der Waals surface area (Å²) in [6.07, 6.45) is -0.524. The summed E-state index contributed by atoms with van der Waals surface area (Å²) < 4.78 is 127. The third-order valence-electron chi connectivity index (χ3n) is 7.73. The summed E-state index contributed by atoms with van der Waals surface area (Å²) in [4.78, 5) is 48.5. The van der Waals surface area contributed by atoms with Gasteiger partial charge in [-0.1, -0.05) is 14.9 Å². The number of methoxy groups -OCH3 is 2. The number of pyridine rings is 2. The molecule has 2 heterocycles. The molecule has 2 aliphatic rings. The number of aromatic nitrogens is 2. The first kappa shape index (κ1) is 40.3. The van der Waals surface area contributed by atoms with Gasteiger partial charge in [0.05, 0.1) is 54.7 Å². The molecule has 6 rings (SSSR count). The van der Waals surface area contributed by atoms with Gasteiger partial charge in [0.25, 0.3) is 0 Å². The molecule has 0 bridgehead atoms. The molecule has 0 radical (unpaired) electrons. The zero-order valence-corrected chi connectivity index (χ0v) is 25.5. The monoisotopic (exact) mass is 734 g/mol. The molecule has 2 aliphatic carbocycles. The summed E-state index contributed by atoms with van der Waals surface area (Å²) in [5.74, 6) is -9.14. The largest absolute Gasteiger partial charge is 0.798 e. The lowest BCUT2D eigenvalue weighted by molar-refractivity contribution is 0.0523. The second-order valence-electron chi connectivity index (χ2n) is 10.8. The van der Waals surface area contributed by atoms with Gasteiger partial charge < -0.3 is 28.0 Å². The van der Waals surface area contributed by atoms with Crippen molar-refractivity contribution >= 4 is 41.2 Å². The molecule has 0 aliphatic heterocycles. The van der Waals surface area contributed by atoms with E-state index in [9.17, 15) is 54.2 Å². The Morgan fingerprint density at radius 1 is 0.765 bits per heavy atom. The minimum atomic E-state index is -3.48. The molecule has 2 saturated carbocycles. The molecule has 4 atom stereocenters. The van der Waals surface area contributed by atoms with Crippen molar-refractivity contribution in [2.24, 2.45) is 0 Å². The van der Waals surface area contributed by atoms with Crippen LogP contribution < -0.4 is 20.3 Å². The van der Waals surface area contributed by atoms with E-state index in [0.717, 1.165) is 31.2 Å². The number of fused-ring (bicyclic) bond motifs is 2. The predicted molar refractivity (Wildman–Crippen MR) is 169 cm³/mol. The van der Waals surface area contributed by atoms with E-state index in [1.54, 1.807) is 6.92 Å². The van der Waals surface area contributed by atoms with Crippen LogP contribution in [0.1, 0.15) is 67.4 Å². The maximum Gasteiger partial charge on any atom is 0.798 e. The number of esters is 1. The van der Waals surface area contributed by atoms with Gasteiger partial charge >= 0.3 is 19.4 Å². The van der Waals surface area contributed by atoms with E-state index in [1.165, 1.54) is 4.57 Å². The van der Waals surface area contributed by atoms with Crippen molar-refractivity contribution in [3.8, 4) is 11.5 Å². The molecule has 276 valence electrons. The summed E-state index contributed by atoms with van der Waals surface area (Å²) in [7, 11) is -1.35. The molecule has 19 heteroatoms. The van der Waals surface area contributed by atoms with Crippen molar-refractivity contribution in [3.05, 3.63) is 79.4 Å². The molecule has 0 saturated heterocycles. The van der Waals surface area contributed by atoms with Gasteiger partial charge in [0.2, 0.25) is 22.5 Å². The maximum atomic E-state index is 14.0. The van der Waals surface area contributed by atoms with Crippen LogP contribution >= 0.6 is 0 Å². The molecular weight excluding hydrogens is 703 g/mol. The summed E-state index contributed by atoms with van der Waals surface area (Å²) >= 11 is 0. The van der Waals surface area contributed by atoms with E-state index >= 15 is 0 Å². The minimum Gasteiger partial charge on any atom is -0.491 e. The van der Waals surface area contributed by atoms with E-state index in [0.29, 0.717) is 12.1 Å². The first-order chi connectivity index (χ1) is 23.2. The van der Waals surface area contributed by atoms with E-state index in [-0.39, 0.29) is 56.3 Å². The zero-order valence-electron chi connectivity index (χ0n) is 25.5. The molecule has 0 N–H and O–H groups in total. The van der Waals surface area contributed by atoms with E-state index < -0.39 is 100 Å². The smallest absolute Gasteiger partial charge is 0.491 e. The Balaban J connectivity index is 0.000000265. The average Bonchev–Trinajstić information content (AvgIpc) is 3.97. The Kier molecular flexibility index (Phi) is 12.2. The lowest BCUT2D eigenvalue weighted by atomic mass is 10.1. The fraction of sp³-hybridized carbons (Fsp3) is 0.375. The van der Waals surface area contributed by atoms with Crippen LogP contribution in [-0.4, -0.2) is 61.7 Å². The van der Waals surface area contributed by atoms with E-state index in [1.807, 2.05) is 0 Å². The van der Waals surface area contributed by atoms with Crippen molar-refractivity contribution < 1.29 is 63.4 Å². The third kappa shape index (κ3) is 7.37. The average molecular weight is 734 g/mol. The Morgan fingerprint density at radius 2 is 1.14 bits per heavy atom. The number of carbonyl (C=O) groups is 2. The molecule has 2 aromatic carbocycles. The van der Waals surface area contributed by atoms with Gasteiger partial charge in [-0.05, 0) is 19.1 Å². The Labute approximate surface area is 284 Å². The number of alkyl halides is 2. The summed E-state index contributed by atoms with van der Waals surface area (Å²) in [5.41, 5.74) is -3.56. The number of ether oxygens (including phenoxy) is 3. The first-order valence-electron chi connectivity index (χ1n) is 14.3. The van der Waals surface area contributed by atoms with Gasteiger partial charge in [-0.15, -0.1) is 0 Å². The molecule has 10 nitrogen and oxygen atoms in total. The normalized spacial score (nSPS) is 18.4. The summed E-state index contributed by atoms with van der Waals surface area (Å²) in [6.45, 7) is 1.60. The van der Waals surface area contributed by atoms with Gasteiger partial charge in [0, 0.05) is 25.2 Å². The second kappa shape index (κ2) is 15.4. The van der Waals surface area contributed by atoms with E-state index in [2.05, 4.69) is 4.65 Å². The molecule has 0 unspecified atom stereocenters. The third-order valence-corrected chi connectivity index (χ3v) is 7.73. The molecular formula is C32H31BF8N2O8. The van der Waals surface area contributed by atoms with E-state index in [4.69, 9.17) is 14.2 Å². The van der Waals surface area contributed by atoms with Crippen molar-refractivity contribution in [2.75, 3.05) is 20.8 Å². The molecule has 0 amide bonds. The fourth-order valence-electron chi connectivity index (χ4n) is 5.28. The number of hydrogen-bond donors (Lipinski definition) is 0. The van der Waals surface area contributed by atoms with Crippen LogP contribution in [0.5, 0.6) is 11.5 Å². The Morgan fingerprint density at radius 3 is 1.45 bits per heavy atom. The van der Waals surface area contributed by atoms with Crippen molar-refractivity contribution in [1.29, 1.82) is 0 Å². The topological polar surface area (TPSA) is 115 Å². The Hall–Kier alpha value is -5.10. The van der Waals surface area contributed by atoms with Gasteiger partial charge in [0.15, 0.2) is 23.1 Å². The van der Waals surface area contributed by atoms with Crippen molar-refractivity contribution in [1.82, 2.24) is 9.13 Å². The number of benzene rings is 2. The molecule has 2 aromatic heterocycles. The van der Waals surface area contributed by atoms with Crippen LogP contribution in [0.3, 0.4) is 0 Å². The molecule has 4 aromatic rings.